The standard InChI is InChI=1S/C12H20BrN3O/c1-12(2,3)17-8-11(16-14)6-10-5-4-9(13)7-15-10/h4-5,7,11,16H,6,8,14H2,1-3H3. The Kier molecular flexibility index (Phi) is 5.52. The summed E-state index contributed by atoms with van der Waals surface area (Å²) in [5.74, 6) is 5.51. The minimum Gasteiger partial charge on any atom is -0.374 e. The Labute approximate surface area is 111 Å². The van der Waals surface area contributed by atoms with E-state index >= 15 is 0 Å². The molecule has 0 bridgehead atoms. The average Bonchev–Trinajstić information content (AvgIpc) is 2.25. The van der Waals surface area contributed by atoms with Gasteiger partial charge in [0.1, 0.15) is 0 Å². The predicted molar refractivity (Wildman–Crippen MR) is 72.5 cm³/mol. The highest BCUT2D eigenvalue weighted by Gasteiger charge is 2.15. The van der Waals surface area contributed by atoms with E-state index in [1.807, 2.05) is 32.9 Å². The molecule has 0 aliphatic rings. The highest BCUT2D eigenvalue weighted by Crippen LogP contribution is 2.11. The van der Waals surface area contributed by atoms with Crippen molar-refractivity contribution >= 4 is 15.9 Å². The zero-order valence-electron chi connectivity index (χ0n) is 10.5. The molecule has 0 aliphatic carbocycles. The lowest BCUT2D eigenvalue weighted by Crippen LogP contribution is -2.42. The van der Waals surface area contributed by atoms with E-state index < -0.39 is 0 Å². The van der Waals surface area contributed by atoms with Crippen LogP contribution in [-0.4, -0.2) is 23.2 Å². The number of halogens is 1. The number of rotatable bonds is 5. The third kappa shape index (κ3) is 6.12. The minimum absolute atomic E-state index is 0.0721. The molecular weight excluding hydrogens is 282 g/mol. The zero-order chi connectivity index (χ0) is 12.9. The average molecular weight is 302 g/mol. The van der Waals surface area contributed by atoms with Crippen LogP contribution in [0.1, 0.15) is 26.5 Å². The summed E-state index contributed by atoms with van der Waals surface area (Å²) in [4.78, 5) is 4.31. The molecule has 0 saturated heterocycles. The Bertz CT molecular complexity index is 335. The van der Waals surface area contributed by atoms with Crippen LogP contribution in [0.5, 0.6) is 0 Å². The van der Waals surface area contributed by atoms with Gasteiger partial charge in [0.15, 0.2) is 0 Å². The smallest absolute Gasteiger partial charge is 0.0644 e. The molecule has 3 N–H and O–H groups in total. The maximum absolute atomic E-state index is 5.70. The van der Waals surface area contributed by atoms with Crippen LogP contribution in [0.4, 0.5) is 0 Å². The van der Waals surface area contributed by atoms with Crippen molar-refractivity contribution < 1.29 is 4.74 Å². The fourth-order valence-corrected chi connectivity index (χ4v) is 1.53. The van der Waals surface area contributed by atoms with Gasteiger partial charge in [0.2, 0.25) is 0 Å². The van der Waals surface area contributed by atoms with Gasteiger partial charge in [0.05, 0.1) is 12.2 Å². The van der Waals surface area contributed by atoms with Crippen LogP contribution in [0.3, 0.4) is 0 Å². The predicted octanol–water partition coefficient (Wildman–Crippen LogP) is 2.03. The lowest BCUT2D eigenvalue weighted by molar-refractivity contribution is -0.0144. The summed E-state index contributed by atoms with van der Waals surface area (Å²) < 4.78 is 6.68. The molecule has 5 heteroatoms. The molecule has 0 amide bonds. The first-order chi connectivity index (χ1) is 7.90. The molecule has 4 nitrogen and oxygen atoms in total. The molecule has 1 atom stereocenters. The molecule has 0 aromatic carbocycles. The van der Waals surface area contributed by atoms with Gasteiger partial charge in [-0.3, -0.25) is 16.3 Å². The quantitative estimate of drug-likeness (QED) is 0.645. The Morgan fingerprint density at radius 1 is 1.47 bits per heavy atom. The molecule has 1 aromatic heterocycles. The van der Waals surface area contributed by atoms with Gasteiger partial charge in [-0.1, -0.05) is 0 Å². The van der Waals surface area contributed by atoms with Crippen LogP contribution < -0.4 is 11.3 Å². The lowest BCUT2D eigenvalue weighted by Gasteiger charge is -2.23. The highest BCUT2D eigenvalue weighted by atomic mass is 79.9. The van der Waals surface area contributed by atoms with Crippen molar-refractivity contribution in [1.29, 1.82) is 0 Å². The molecule has 0 aliphatic heterocycles. The third-order valence-electron chi connectivity index (χ3n) is 2.20. The van der Waals surface area contributed by atoms with Crippen molar-refractivity contribution in [3.05, 3.63) is 28.5 Å². The van der Waals surface area contributed by atoms with Gasteiger partial charge in [-0.2, -0.15) is 0 Å². The van der Waals surface area contributed by atoms with Gasteiger partial charge >= 0.3 is 0 Å². The number of hydrogen-bond donors (Lipinski definition) is 2. The van der Waals surface area contributed by atoms with E-state index in [2.05, 4.69) is 26.3 Å². The monoisotopic (exact) mass is 301 g/mol. The summed E-state index contributed by atoms with van der Waals surface area (Å²) in [5.41, 5.74) is 3.60. The molecule has 0 spiro atoms. The number of hydrogen-bond acceptors (Lipinski definition) is 4. The van der Waals surface area contributed by atoms with Crippen LogP contribution in [0, 0.1) is 0 Å². The first-order valence-corrected chi connectivity index (χ1v) is 6.40. The van der Waals surface area contributed by atoms with Crippen LogP contribution in [0.25, 0.3) is 0 Å². The number of nitrogens with two attached hydrogens (primary N) is 1. The molecule has 0 saturated carbocycles. The minimum atomic E-state index is -0.151. The molecule has 1 rings (SSSR count). The molecule has 1 unspecified atom stereocenters. The number of ether oxygens (including phenoxy) is 1. The normalized spacial score (nSPS) is 13.7. The first-order valence-electron chi connectivity index (χ1n) is 5.61. The number of hydrazine groups is 1. The molecule has 96 valence electrons. The van der Waals surface area contributed by atoms with Crippen LogP contribution in [-0.2, 0) is 11.2 Å². The van der Waals surface area contributed by atoms with Gasteiger partial charge in [-0.15, -0.1) is 0 Å². The third-order valence-corrected chi connectivity index (χ3v) is 2.67. The largest absolute Gasteiger partial charge is 0.374 e. The Morgan fingerprint density at radius 3 is 2.65 bits per heavy atom. The summed E-state index contributed by atoms with van der Waals surface area (Å²) in [6.45, 7) is 6.65. The molecule has 0 fully saturated rings. The second kappa shape index (κ2) is 6.44. The van der Waals surface area contributed by atoms with Gasteiger partial charge in [-0.25, -0.2) is 0 Å². The van der Waals surface area contributed by atoms with E-state index in [-0.39, 0.29) is 11.6 Å². The summed E-state index contributed by atoms with van der Waals surface area (Å²) in [5, 5.41) is 0. The molecule has 1 heterocycles. The van der Waals surface area contributed by atoms with Crippen molar-refractivity contribution in [3.63, 3.8) is 0 Å². The van der Waals surface area contributed by atoms with E-state index in [1.54, 1.807) is 6.20 Å². The van der Waals surface area contributed by atoms with E-state index in [1.165, 1.54) is 0 Å². The molecule has 17 heavy (non-hydrogen) atoms. The van der Waals surface area contributed by atoms with Crippen molar-refractivity contribution in [3.8, 4) is 0 Å². The van der Waals surface area contributed by atoms with Crippen molar-refractivity contribution in [2.24, 2.45) is 5.84 Å². The molecular formula is C12H20BrN3O. The maximum atomic E-state index is 5.70. The first kappa shape index (κ1) is 14.6. The summed E-state index contributed by atoms with van der Waals surface area (Å²) in [7, 11) is 0. The SMILES string of the molecule is CC(C)(C)OCC(Cc1ccc(Br)cn1)NN. The Morgan fingerprint density at radius 2 is 2.18 bits per heavy atom. The Hall–Kier alpha value is -0.490. The Balaban J connectivity index is 2.49. The topological polar surface area (TPSA) is 60.2 Å². The van der Waals surface area contributed by atoms with Gasteiger partial charge in [0.25, 0.3) is 0 Å². The van der Waals surface area contributed by atoms with E-state index in [0.717, 1.165) is 16.6 Å². The van der Waals surface area contributed by atoms with E-state index in [4.69, 9.17) is 10.6 Å². The van der Waals surface area contributed by atoms with Crippen molar-refractivity contribution in [1.82, 2.24) is 10.4 Å². The van der Waals surface area contributed by atoms with Crippen LogP contribution in [0.15, 0.2) is 22.8 Å². The maximum Gasteiger partial charge on any atom is 0.0644 e. The number of nitrogens with one attached hydrogen (secondary N) is 1. The fraction of sp³-hybridized carbons (Fsp3) is 0.583. The highest BCUT2D eigenvalue weighted by molar-refractivity contribution is 9.10. The summed E-state index contributed by atoms with van der Waals surface area (Å²) in [6.07, 6.45) is 2.54. The fourth-order valence-electron chi connectivity index (χ4n) is 1.30. The second-order valence-electron chi connectivity index (χ2n) is 4.96. The van der Waals surface area contributed by atoms with Crippen LogP contribution in [0.2, 0.25) is 0 Å². The van der Waals surface area contributed by atoms with E-state index in [9.17, 15) is 0 Å². The van der Waals surface area contributed by atoms with Crippen molar-refractivity contribution in [2.75, 3.05) is 6.61 Å². The van der Waals surface area contributed by atoms with Crippen molar-refractivity contribution in [2.45, 2.75) is 38.8 Å². The number of pyridine rings is 1. The molecule has 1 aromatic rings. The summed E-state index contributed by atoms with van der Waals surface area (Å²) >= 11 is 3.36. The zero-order valence-corrected chi connectivity index (χ0v) is 12.1. The van der Waals surface area contributed by atoms with Crippen LogP contribution >= 0.6 is 15.9 Å². The van der Waals surface area contributed by atoms with Gasteiger partial charge < -0.3 is 4.74 Å². The number of aromatic nitrogens is 1. The lowest BCUT2D eigenvalue weighted by atomic mass is 10.1. The number of nitrogens with zero attached hydrogens (tertiary/aromatic N) is 1. The van der Waals surface area contributed by atoms with E-state index in [0.29, 0.717) is 6.61 Å². The van der Waals surface area contributed by atoms with Gasteiger partial charge in [-0.05, 0) is 48.8 Å². The summed E-state index contributed by atoms with van der Waals surface area (Å²) in [6, 6.07) is 4.02. The second-order valence-corrected chi connectivity index (χ2v) is 5.87. The van der Waals surface area contributed by atoms with Gasteiger partial charge in [0, 0.05) is 28.8 Å². The molecule has 0 radical (unpaired) electrons.